The summed E-state index contributed by atoms with van der Waals surface area (Å²) < 4.78 is 57.1. The molecule has 3 nitrogen and oxygen atoms in total. The molecule has 7 heteroatoms. The van der Waals surface area contributed by atoms with Crippen molar-refractivity contribution in [2.24, 2.45) is 5.73 Å². The van der Waals surface area contributed by atoms with Gasteiger partial charge in [-0.05, 0) is 48.9 Å². The van der Waals surface area contributed by atoms with E-state index in [9.17, 15) is 22.4 Å². The molecule has 0 spiro atoms. The Morgan fingerprint density at radius 1 is 0.913 bits per heavy atom. The van der Waals surface area contributed by atoms with Gasteiger partial charge in [0.15, 0.2) is 0 Å². The summed E-state index contributed by atoms with van der Waals surface area (Å²) in [6, 6.07) is 10.4. The van der Waals surface area contributed by atoms with Gasteiger partial charge in [0.25, 0.3) is 0 Å². The van der Waals surface area contributed by atoms with Crippen LogP contribution in [0.1, 0.15) is 22.8 Å². The second-order valence-electron chi connectivity index (χ2n) is 5.02. The zero-order valence-corrected chi connectivity index (χ0v) is 12.0. The Morgan fingerprint density at radius 3 is 1.74 bits per heavy atom. The Balaban J connectivity index is 2.16. The number of benzene rings is 2. The second-order valence-corrected chi connectivity index (χ2v) is 5.02. The number of primary amides is 1. The summed E-state index contributed by atoms with van der Waals surface area (Å²) in [6.45, 7) is 0.464. The highest BCUT2D eigenvalue weighted by atomic mass is 19.4. The topological polar surface area (TPSA) is 52.3 Å². The minimum Gasteiger partial charge on any atom is -0.457 e. The fourth-order valence-electron chi connectivity index (χ4n) is 1.82. The summed E-state index contributed by atoms with van der Waals surface area (Å²) >= 11 is 0. The smallest absolute Gasteiger partial charge is 0.426 e. The monoisotopic (exact) mass is 327 g/mol. The maximum atomic E-state index is 13.8. The molecule has 0 fully saturated rings. The van der Waals surface area contributed by atoms with Crippen LogP contribution in [-0.2, 0) is 5.67 Å². The van der Waals surface area contributed by atoms with Crippen molar-refractivity contribution >= 4 is 5.91 Å². The molecule has 0 radical (unpaired) electrons. The van der Waals surface area contributed by atoms with Crippen molar-refractivity contribution < 1.29 is 27.1 Å². The van der Waals surface area contributed by atoms with E-state index in [0.29, 0.717) is 18.2 Å². The Kier molecular flexibility index (Phi) is 4.31. The van der Waals surface area contributed by atoms with E-state index in [-0.39, 0.29) is 5.75 Å². The molecule has 0 aliphatic heterocycles. The number of nitrogens with two attached hydrogens (primary N) is 1. The van der Waals surface area contributed by atoms with Gasteiger partial charge in [0, 0.05) is 5.56 Å². The van der Waals surface area contributed by atoms with Crippen LogP contribution in [-0.4, -0.2) is 12.1 Å². The van der Waals surface area contributed by atoms with Crippen LogP contribution < -0.4 is 10.5 Å². The number of hydrogen-bond donors (Lipinski definition) is 1. The largest absolute Gasteiger partial charge is 0.457 e. The molecular weight excluding hydrogens is 314 g/mol. The van der Waals surface area contributed by atoms with Gasteiger partial charge in [-0.15, -0.1) is 0 Å². The number of rotatable bonds is 4. The maximum Gasteiger partial charge on any atom is 0.426 e. The minimum absolute atomic E-state index is 0.235. The number of halogens is 4. The number of carbonyl (C=O) groups is 1. The molecule has 0 aliphatic rings. The fraction of sp³-hybridized carbons (Fsp3) is 0.188. The van der Waals surface area contributed by atoms with E-state index in [1.54, 1.807) is 0 Å². The number of alkyl halides is 4. The maximum absolute atomic E-state index is 13.8. The molecule has 23 heavy (non-hydrogen) atoms. The second kappa shape index (κ2) is 5.91. The van der Waals surface area contributed by atoms with Gasteiger partial charge in [0.1, 0.15) is 11.5 Å². The lowest BCUT2D eigenvalue weighted by Gasteiger charge is -2.24. The van der Waals surface area contributed by atoms with Gasteiger partial charge in [-0.25, -0.2) is 4.39 Å². The van der Waals surface area contributed by atoms with Crippen molar-refractivity contribution in [1.29, 1.82) is 0 Å². The molecule has 1 atom stereocenters. The number of amides is 1. The highest BCUT2D eigenvalue weighted by Gasteiger charge is 2.53. The zero-order valence-electron chi connectivity index (χ0n) is 12.0. The van der Waals surface area contributed by atoms with Crippen LogP contribution >= 0.6 is 0 Å². The Labute approximate surface area is 129 Å². The quantitative estimate of drug-likeness (QED) is 0.850. The molecule has 2 aromatic rings. The highest BCUT2D eigenvalue weighted by molar-refractivity contribution is 5.92. The van der Waals surface area contributed by atoms with Gasteiger partial charge in [0.05, 0.1) is 0 Å². The van der Waals surface area contributed by atoms with Crippen molar-refractivity contribution in [3.05, 3.63) is 59.7 Å². The van der Waals surface area contributed by atoms with Gasteiger partial charge >= 0.3 is 6.18 Å². The standard InChI is InChI=1S/C16H13F4NO2/c1-15(17,16(18,19)20)11-4-8-13(9-5-11)23-12-6-2-10(3-7-12)14(21)22/h2-9H,1H3,(H2,21,22). The molecule has 0 aliphatic carbocycles. The normalized spacial score (nSPS) is 14.1. The predicted octanol–water partition coefficient (Wildman–Crippen LogP) is 4.32. The summed E-state index contributed by atoms with van der Waals surface area (Å²) in [5.41, 5.74) is 1.45. The number of carbonyl (C=O) groups excluding carboxylic acids is 1. The van der Waals surface area contributed by atoms with E-state index >= 15 is 0 Å². The van der Waals surface area contributed by atoms with Crippen molar-refractivity contribution in [2.75, 3.05) is 0 Å². The molecule has 122 valence electrons. The first-order chi connectivity index (χ1) is 10.6. The lowest BCUT2D eigenvalue weighted by Crippen LogP contribution is -2.34. The lowest BCUT2D eigenvalue weighted by molar-refractivity contribution is -0.228. The van der Waals surface area contributed by atoms with E-state index in [0.717, 1.165) is 12.1 Å². The van der Waals surface area contributed by atoms with E-state index in [2.05, 4.69) is 0 Å². The van der Waals surface area contributed by atoms with E-state index in [1.807, 2.05) is 0 Å². The van der Waals surface area contributed by atoms with Gasteiger partial charge < -0.3 is 10.5 Å². The van der Waals surface area contributed by atoms with Crippen molar-refractivity contribution in [3.63, 3.8) is 0 Å². The van der Waals surface area contributed by atoms with Crippen molar-refractivity contribution in [2.45, 2.75) is 18.8 Å². The molecule has 2 N–H and O–H groups in total. The number of hydrogen-bond acceptors (Lipinski definition) is 2. The fourth-order valence-corrected chi connectivity index (χ4v) is 1.82. The Bertz CT molecular complexity index is 692. The highest BCUT2D eigenvalue weighted by Crippen LogP contribution is 2.42. The molecular formula is C16H13F4NO2. The average Bonchev–Trinajstić information content (AvgIpc) is 2.47. The van der Waals surface area contributed by atoms with Crippen LogP contribution in [0.25, 0.3) is 0 Å². The Hall–Kier alpha value is -2.57. The number of ether oxygens (including phenoxy) is 1. The third-order valence-electron chi connectivity index (χ3n) is 3.30. The first-order valence-electron chi connectivity index (χ1n) is 6.55. The molecule has 0 saturated heterocycles. The third-order valence-corrected chi connectivity index (χ3v) is 3.30. The molecule has 0 saturated carbocycles. The van der Waals surface area contributed by atoms with Crippen LogP contribution in [0.2, 0.25) is 0 Å². The van der Waals surface area contributed by atoms with E-state index < -0.39 is 23.3 Å². The summed E-state index contributed by atoms with van der Waals surface area (Å²) in [6.07, 6.45) is -5.00. The molecule has 0 aromatic heterocycles. The average molecular weight is 327 g/mol. The van der Waals surface area contributed by atoms with Crippen LogP contribution in [0.4, 0.5) is 17.6 Å². The zero-order chi connectivity index (χ0) is 17.3. The van der Waals surface area contributed by atoms with Crippen molar-refractivity contribution in [3.8, 4) is 11.5 Å². The minimum atomic E-state index is -5.00. The summed E-state index contributed by atoms with van der Waals surface area (Å²) in [5, 5.41) is 0. The van der Waals surface area contributed by atoms with Gasteiger partial charge in [-0.2, -0.15) is 13.2 Å². The van der Waals surface area contributed by atoms with Gasteiger partial charge in [-0.1, -0.05) is 12.1 Å². The van der Waals surface area contributed by atoms with Crippen LogP contribution in [0.3, 0.4) is 0 Å². The summed E-state index contributed by atoms with van der Waals surface area (Å²) in [7, 11) is 0. The van der Waals surface area contributed by atoms with E-state index in [1.165, 1.54) is 36.4 Å². The Morgan fingerprint density at radius 2 is 1.35 bits per heavy atom. The molecule has 2 aromatic carbocycles. The lowest BCUT2D eigenvalue weighted by atomic mass is 9.97. The summed E-state index contributed by atoms with van der Waals surface area (Å²) in [5.74, 6) is 0.00964. The first-order valence-corrected chi connectivity index (χ1v) is 6.55. The van der Waals surface area contributed by atoms with Gasteiger partial charge in [0.2, 0.25) is 11.6 Å². The molecule has 1 amide bonds. The van der Waals surface area contributed by atoms with E-state index in [4.69, 9.17) is 10.5 Å². The van der Waals surface area contributed by atoms with Gasteiger partial charge in [-0.3, -0.25) is 4.79 Å². The third kappa shape index (κ3) is 3.61. The molecule has 1 unspecified atom stereocenters. The SMILES string of the molecule is CC(F)(c1ccc(Oc2ccc(C(N)=O)cc2)cc1)C(F)(F)F. The van der Waals surface area contributed by atoms with Crippen LogP contribution in [0.5, 0.6) is 11.5 Å². The molecule has 0 heterocycles. The van der Waals surface area contributed by atoms with Crippen molar-refractivity contribution in [1.82, 2.24) is 0 Å². The predicted molar refractivity (Wildman–Crippen MR) is 76.0 cm³/mol. The van der Waals surface area contributed by atoms with Crippen LogP contribution in [0.15, 0.2) is 48.5 Å². The summed E-state index contributed by atoms with van der Waals surface area (Å²) in [4.78, 5) is 10.9. The van der Waals surface area contributed by atoms with Crippen LogP contribution in [0, 0.1) is 0 Å². The molecule has 2 rings (SSSR count). The molecule has 0 bridgehead atoms. The first kappa shape index (κ1) is 16.8.